The van der Waals surface area contributed by atoms with E-state index in [1.54, 1.807) is 6.07 Å². The highest BCUT2D eigenvalue weighted by Gasteiger charge is 2.19. The average Bonchev–Trinajstić information content (AvgIpc) is 2.42. The molecule has 0 bridgehead atoms. The summed E-state index contributed by atoms with van der Waals surface area (Å²) in [6, 6.07) is 11.5. The van der Waals surface area contributed by atoms with Crippen LogP contribution in [0.1, 0.15) is 40.8 Å². The van der Waals surface area contributed by atoms with Crippen molar-refractivity contribution in [2.45, 2.75) is 33.7 Å². The summed E-state index contributed by atoms with van der Waals surface area (Å²) in [5.74, 6) is -0.151. The zero-order valence-corrected chi connectivity index (χ0v) is 12.6. The Labute approximate surface area is 120 Å². The van der Waals surface area contributed by atoms with Crippen LogP contribution in [0.3, 0.4) is 0 Å². The van der Waals surface area contributed by atoms with Crippen LogP contribution in [0.4, 0.5) is 4.39 Å². The Balaban J connectivity index is 2.55. The van der Waals surface area contributed by atoms with E-state index in [4.69, 9.17) is 0 Å². The Kier molecular flexibility index (Phi) is 4.56. The van der Waals surface area contributed by atoms with Gasteiger partial charge in [0.05, 0.1) is 6.04 Å². The Bertz CT molecular complexity index is 553. The van der Waals surface area contributed by atoms with Crippen LogP contribution in [-0.2, 0) is 0 Å². The van der Waals surface area contributed by atoms with Crippen LogP contribution in [0.5, 0.6) is 0 Å². The topological polar surface area (TPSA) is 12.0 Å². The van der Waals surface area contributed by atoms with Gasteiger partial charge in [-0.3, -0.25) is 0 Å². The third kappa shape index (κ3) is 3.07. The lowest BCUT2D eigenvalue weighted by Crippen LogP contribution is -2.24. The molecule has 1 nitrogen and oxygen atoms in total. The van der Waals surface area contributed by atoms with Crippen LogP contribution < -0.4 is 5.32 Å². The summed E-state index contributed by atoms with van der Waals surface area (Å²) in [6.45, 7) is 8.98. The number of aryl methyl sites for hydroxylation is 3. The first-order chi connectivity index (χ1) is 9.52. The summed E-state index contributed by atoms with van der Waals surface area (Å²) in [5, 5.41) is 3.41. The molecule has 0 heterocycles. The summed E-state index contributed by atoms with van der Waals surface area (Å²) >= 11 is 0. The smallest absolute Gasteiger partial charge is 0.128 e. The third-order valence-electron chi connectivity index (χ3n) is 3.62. The second-order valence-electron chi connectivity index (χ2n) is 5.38. The Morgan fingerprint density at radius 3 is 2.20 bits per heavy atom. The van der Waals surface area contributed by atoms with Gasteiger partial charge in [-0.1, -0.05) is 48.4 Å². The molecule has 0 aliphatic heterocycles. The van der Waals surface area contributed by atoms with E-state index < -0.39 is 0 Å². The molecule has 0 aromatic heterocycles. The molecule has 0 saturated carbocycles. The van der Waals surface area contributed by atoms with E-state index in [0.717, 1.165) is 23.2 Å². The molecule has 20 heavy (non-hydrogen) atoms. The quantitative estimate of drug-likeness (QED) is 0.866. The van der Waals surface area contributed by atoms with Gasteiger partial charge >= 0.3 is 0 Å². The predicted molar refractivity (Wildman–Crippen MR) is 82.6 cm³/mol. The van der Waals surface area contributed by atoms with Gasteiger partial charge in [-0.15, -0.1) is 0 Å². The van der Waals surface area contributed by atoms with Gasteiger partial charge in [0.15, 0.2) is 0 Å². The maximum Gasteiger partial charge on any atom is 0.128 e. The van der Waals surface area contributed by atoms with E-state index in [0.29, 0.717) is 0 Å². The summed E-state index contributed by atoms with van der Waals surface area (Å²) in [5.41, 5.74) is 5.33. The van der Waals surface area contributed by atoms with Crippen LogP contribution in [0, 0.1) is 26.6 Å². The van der Waals surface area contributed by atoms with Crippen molar-refractivity contribution in [3.05, 3.63) is 70.0 Å². The fourth-order valence-corrected chi connectivity index (χ4v) is 2.55. The number of nitrogens with one attached hydrogen (secondary N) is 1. The van der Waals surface area contributed by atoms with Crippen molar-refractivity contribution < 1.29 is 4.39 Å². The van der Waals surface area contributed by atoms with Gasteiger partial charge in [0.25, 0.3) is 0 Å². The molecular formula is C18H22FN. The lowest BCUT2D eigenvalue weighted by molar-refractivity contribution is 0.557. The second-order valence-corrected chi connectivity index (χ2v) is 5.38. The lowest BCUT2D eigenvalue weighted by atomic mass is 9.92. The van der Waals surface area contributed by atoms with E-state index in [9.17, 15) is 4.39 Å². The van der Waals surface area contributed by atoms with Gasteiger partial charge < -0.3 is 5.32 Å². The summed E-state index contributed by atoms with van der Waals surface area (Å²) in [4.78, 5) is 0. The maximum atomic E-state index is 14.2. The molecule has 0 spiro atoms. The zero-order valence-electron chi connectivity index (χ0n) is 12.6. The minimum atomic E-state index is -0.151. The van der Waals surface area contributed by atoms with Crippen molar-refractivity contribution >= 4 is 0 Å². The largest absolute Gasteiger partial charge is 0.306 e. The number of hydrogen-bond acceptors (Lipinski definition) is 1. The molecule has 106 valence electrons. The van der Waals surface area contributed by atoms with Crippen molar-refractivity contribution in [1.29, 1.82) is 0 Å². The highest BCUT2D eigenvalue weighted by Crippen LogP contribution is 2.28. The average molecular weight is 271 g/mol. The van der Waals surface area contributed by atoms with E-state index in [-0.39, 0.29) is 11.9 Å². The third-order valence-corrected chi connectivity index (χ3v) is 3.62. The van der Waals surface area contributed by atoms with Crippen LogP contribution in [-0.4, -0.2) is 6.54 Å². The van der Waals surface area contributed by atoms with Crippen molar-refractivity contribution in [3.63, 3.8) is 0 Å². The highest BCUT2D eigenvalue weighted by molar-refractivity contribution is 5.40. The van der Waals surface area contributed by atoms with E-state index >= 15 is 0 Å². The molecule has 2 heteroatoms. The minimum Gasteiger partial charge on any atom is -0.306 e. The van der Waals surface area contributed by atoms with Crippen LogP contribution in [0.25, 0.3) is 0 Å². The number of hydrogen-bond donors (Lipinski definition) is 1. The Morgan fingerprint density at radius 2 is 1.55 bits per heavy atom. The molecule has 0 radical (unpaired) electrons. The molecule has 0 saturated heterocycles. The monoisotopic (exact) mass is 271 g/mol. The molecule has 2 aromatic rings. The standard InChI is InChI=1S/C18H22FN/c1-5-20-18(15-10-12(2)6-8-14(15)4)16-11-13(3)7-9-17(16)19/h6-11,18,20H,5H2,1-4H3. The molecule has 1 atom stereocenters. The van der Waals surface area contributed by atoms with Crippen LogP contribution in [0.15, 0.2) is 36.4 Å². The normalized spacial score (nSPS) is 12.4. The van der Waals surface area contributed by atoms with Gasteiger partial charge in [-0.25, -0.2) is 4.39 Å². The molecule has 0 aliphatic rings. The fraction of sp³-hybridized carbons (Fsp3) is 0.333. The van der Waals surface area contributed by atoms with Crippen molar-refractivity contribution in [2.24, 2.45) is 0 Å². The Hall–Kier alpha value is -1.67. The van der Waals surface area contributed by atoms with E-state index in [1.165, 1.54) is 11.1 Å². The van der Waals surface area contributed by atoms with Gasteiger partial charge in [-0.05, 0) is 44.5 Å². The molecule has 0 fully saturated rings. The first kappa shape index (κ1) is 14.7. The second kappa shape index (κ2) is 6.19. The predicted octanol–water partition coefficient (Wildman–Crippen LogP) is 4.45. The van der Waals surface area contributed by atoms with E-state index in [2.05, 4.69) is 37.4 Å². The van der Waals surface area contributed by atoms with Gasteiger partial charge in [0, 0.05) is 5.56 Å². The van der Waals surface area contributed by atoms with Crippen molar-refractivity contribution in [3.8, 4) is 0 Å². The highest BCUT2D eigenvalue weighted by atomic mass is 19.1. The van der Waals surface area contributed by atoms with Crippen molar-refractivity contribution in [1.82, 2.24) is 5.32 Å². The first-order valence-corrected chi connectivity index (χ1v) is 7.09. The zero-order chi connectivity index (χ0) is 14.7. The van der Waals surface area contributed by atoms with Crippen LogP contribution >= 0.6 is 0 Å². The van der Waals surface area contributed by atoms with Gasteiger partial charge in [0.1, 0.15) is 5.82 Å². The Morgan fingerprint density at radius 1 is 0.950 bits per heavy atom. The van der Waals surface area contributed by atoms with Crippen LogP contribution in [0.2, 0.25) is 0 Å². The summed E-state index contributed by atoms with van der Waals surface area (Å²) < 4.78 is 14.2. The maximum absolute atomic E-state index is 14.2. The number of benzene rings is 2. The van der Waals surface area contributed by atoms with E-state index in [1.807, 2.05) is 26.0 Å². The SMILES string of the molecule is CCNC(c1cc(C)ccc1C)c1cc(C)ccc1F. The molecule has 0 amide bonds. The first-order valence-electron chi connectivity index (χ1n) is 7.09. The molecule has 2 aromatic carbocycles. The van der Waals surface area contributed by atoms with Gasteiger partial charge in [-0.2, -0.15) is 0 Å². The minimum absolute atomic E-state index is 0.0974. The molecule has 1 unspecified atom stereocenters. The summed E-state index contributed by atoms with van der Waals surface area (Å²) in [6.07, 6.45) is 0. The number of halogens is 1. The summed E-state index contributed by atoms with van der Waals surface area (Å²) in [7, 11) is 0. The molecule has 0 aliphatic carbocycles. The van der Waals surface area contributed by atoms with Crippen molar-refractivity contribution in [2.75, 3.05) is 6.54 Å². The lowest BCUT2D eigenvalue weighted by Gasteiger charge is -2.22. The van der Waals surface area contributed by atoms with Gasteiger partial charge in [0.2, 0.25) is 0 Å². The molecule has 2 rings (SSSR count). The number of rotatable bonds is 4. The fourth-order valence-electron chi connectivity index (χ4n) is 2.55. The molecule has 1 N–H and O–H groups in total. The molecular weight excluding hydrogens is 249 g/mol.